The Balaban J connectivity index is 1.24. The Morgan fingerprint density at radius 3 is 2.53 bits per heavy atom. The minimum Gasteiger partial charge on any atom is -0.454 e. The first kappa shape index (κ1) is 20.5. The maximum absolute atomic E-state index is 12.9. The molecule has 0 bridgehead atoms. The van der Waals surface area contributed by atoms with E-state index in [1.165, 1.54) is 5.56 Å². The molecule has 2 heterocycles. The highest BCUT2D eigenvalue weighted by Gasteiger charge is 2.29. The van der Waals surface area contributed by atoms with Gasteiger partial charge in [0.1, 0.15) is 6.10 Å². The van der Waals surface area contributed by atoms with E-state index >= 15 is 0 Å². The van der Waals surface area contributed by atoms with Crippen LogP contribution in [-0.2, 0) is 17.7 Å². The number of fused-ring (bicyclic) bond motifs is 1. The Morgan fingerprint density at radius 2 is 1.75 bits per heavy atom. The fourth-order valence-corrected chi connectivity index (χ4v) is 4.60. The van der Waals surface area contributed by atoms with E-state index < -0.39 is 0 Å². The molecule has 32 heavy (non-hydrogen) atoms. The summed E-state index contributed by atoms with van der Waals surface area (Å²) in [5.74, 6) is -0.422. The summed E-state index contributed by atoms with van der Waals surface area (Å²) in [6.45, 7) is 2.71. The number of amides is 1. The maximum atomic E-state index is 12.9. The predicted octanol–water partition coefficient (Wildman–Crippen LogP) is 4.15. The molecule has 0 spiro atoms. The van der Waals surface area contributed by atoms with Crippen molar-refractivity contribution < 1.29 is 14.3 Å². The topological polar surface area (TPSA) is 58.6 Å². The van der Waals surface area contributed by atoms with Gasteiger partial charge in [-0.3, -0.25) is 9.69 Å². The van der Waals surface area contributed by atoms with E-state index in [4.69, 9.17) is 4.74 Å². The van der Waals surface area contributed by atoms with Gasteiger partial charge in [0.15, 0.2) is 0 Å². The molecule has 1 fully saturated rings. The van der Waals surface area contributed by atoms with Crippen LogP contribution in [0.5, 0.6) is 0 Å². The van der Waals surface area contributed by atoms with Crippen molar-refractivity contribution in [1.29, 1.82) is 0 Å². The van der Waals surface area contributed by atoms with E-state index in [1.54, 1.807) is 12.1 Å². The lowest BCUT2D eigenvalue weighted by atomic mass is 9.93. The maximum Gasteiger partial charge on any atom is 0.339 e. The number of hydrogen-bond donors (Lipinski definition) is 1. The van der Waals surface area contributed by atoms with Gasteiger partial charge in [-0.1, -0.05) is 60.7 Å². The lowest BCUT2D eigenvalue weighted by molar-refractivity contribution is 0.0252. The van der Waals surface area contributed by atoms with Crippen LogP contribution in [0, 0.1) is 0 Å². The van der Waals surface area contributed by atoms with Gasteiger partial charge in [-0.2, -0.15) is 0 Å². The summed E-state index contributed by atoms with van der Waals surface area (Å²) in [6, 6.07) is 25.5. The van der Waals surface area contributed by atoms with E-state index in [9.17, 15) is 9.59 Å². The van der Waals surface area contributed by atoms with E-state index in [0.29, 0.717) is 17.5 Å². The number of nitrogens with zero attached hydrogens (tertiary/aromatic N) is 1. The first-order valence-corrected chi connectivity index (χ1v) is 11.1. The normalized spacial score (nSPS) is 20.4. The predicted molar refractivity (Wildman–Crippen MR) is 122 cm³/mol. The van der Waals surface area contributed by atoms with E-state index in [1.807, 2.05) is 42.5 Å². The van der Waals surface area contributed by atoms with Crippen LogP contribution < -0.4 is 5.32 Å². The van der Waals surface area contributed by atoms with Crippen LogP contribution >= 0.6 is 0 Å². The number of esters is 1. The van der Waals surface area contributed by atoms with Crippen LogP contribution in [0.1, 0.15) is 49.9 Å². The second kappa shape index (κ2) is 8.97. The highest BCUT2D eigenvalue weighted by Crippen LogP contribution is 2.31. The molecular weight excluding hydrogens is 400 g/mol. The second-order valence-corrected chi connectivity index (χ2v) is 8.56. The molecule has 1 saturated heterocycles. The highest BCUT2D eigenvalue weighted by molar-refractivity contribution is 5.98. The Morgan fingerprint density at radius 1 is 1.00 bits per heavy atom. The fourth-order valence-electron chi connectivity index (χ4n) is 4.60. The van der Waals surface area contributed by atoms with Gasteiger partial charge in [0.05, 0.1) is 5.56 Å². The van der Waals surface area contributed by atoms with Crippen LogP contribution in [-0.4, -0.2) is 35.9 Å². The standard InChI is InChI=1S/C27H26N2O3/c30-26(28-23-13-14-29(18-23)17-19-7-3-1-4-8-19)21-11-12-24-22(15-21)16-25(32-27(24)31)20-9-5-2-6-10-20/h1-12,15,23,25H,13-14,16-18H2,(H,28,30)/t23-,25-/m1/s1. The van der Waals surface area contributed by atoms with Gasteiger partial charge in [0, 0.05) is 37.7 Å². The summed E-state index contributed by atoms with van der Waals surface area (Å²) in [5, 5.41) is 3.18. The molecule has 5 rings (SSSR count). The number of cyclic esters (lactones) is 1. The number of hydrogen-bond acceptors (Lipinski definition) is 4. The fraction of sp³-hybridized carbons (Fsp3) is 0.259. The zero-order chi connectivity index (χ0) is 21.9. The van der Waals surface area contributed by atoms with Gasteiger partial charge in [-0.25, -0.2) is 4.79 Å². The highest BCUT2D eigenvalue weighted by atomic mass is 16.5. The van der Waals surface area contributed by atoms with Crippen molar-refractivity contribution in [3.8, 4) is 0 Å². The molecule has 2 atom stereocenters. The lowest BCUT2D eigenvalue weighted by Crippen LogP contribution is -2.37. The smallest absolute Gasteiger partial charge is 0.339 e. The molecule has 2 aliphatic heterocycles. The molecule has 162 valence electrons. The van der Waals surface area contributed by atoms with E-state index in [0.717, 1.165) is 37.2 Å². The Kier molecular flexibility index (Phi) is 5.73. The zero-order valence-corrected chi connectivity index (χ0v) is 17.9. The molecule has 5 heteroatoms. The Hall–Kier alpha value is -3.44. The number of rotatable bonds is 5. The molecule has 0 aliphatic carbocycles. The number of nitrogens with one attached hydrogen (secondary N) is 1. The summed E-state index contributed by atoms with van der Waals surface area (Å²) in [5.41, 5.74) is 4.25. The molecule has 5 nitrogen and oxygen atoms in total. The number of likely N-dealkylation sites (tertiary alicyclic amines) is 1. The molecular formula is C27H26N2O3. The van der Waals surface area contributed by atoms with Crippen molar-refractivity contribution in [3.05, 3.63) is 107 Å². The number of carbonyl (C=O) groups excluding carboxylic acids is 2. The van der Waals surface area contributed by atoms with Gasteiger partial charge >= 0.3 is 5.97 Å². The minimum absolute atomic E-state index is 0.0884. The van der Waals surface area contributed by atoms with Gasteiger partial charge in [-0.05, 0) is 41.3 Å². The summed E-state index contributed by atoms with van der Waals surface area (Å²) < 4.78 is 5.62. The summed E-state index contributed by atoms with van der Waals surface area (Å²) in [4.78, 5) is 27.8. The van der Waals surface area contributed by atoms with Crippen molar-refractivity contribution >= 4 is 11.9 Å². The lowest BCUT2D eigenvalue weighted by Gasteiger charge is -2.25. The number of ether oxygens (including phenoxy) is 1. The number of benzene rings is 3. The molecule has 0 saturated carbocycles. The first-order valence-electron chi connectivity index (χ1n) is 11.1. The molecule has 3 aromatic carbocycles. The molecule has 1 amide bonds. The van der Waals surface area contributed by atoms with Gasteiger partial charge in [0.25, 0.3) is 5.91 Å². The zero-order valence-electron chi connectivity index (χ0n) is 17.9. The van der Waals surface area contributed by atoms with Crippen molar-refractivity contribution in [2.24, 2.45) is 0 Å². The molecule has 0 radical (unpaired) electrons. The molecule has 3 aromatic rings. The average Bonchev–Trinajstić information content (AvgIpc) is 3.26. The third-order valence-electron chi connectivity index (χ3n) is 6.27. The van der Waals surface area contributed by atoms with Gasteiger partial charge < -0.3 is 10.1 Å². The van der Waals surface area contributed by atoms with Crippen LogP contribution in [0.4, 0.5) is 0 Å². The summed E-state index contributed by atoms with van der Waals surface area (Å²) in [6.07, 6.45) is 1.18. The third kappa shape index (κ3) is 4.43. The van der Waals surface area contributed by atoms with E-state index in [-0.39, 0.29) is 24.0 Å². The minimum atomic E-state index is -0.334. The molecule has 0 unspecified atom stereocenters. The van der Waals surface area contributed by atoms with Crippen molar-refractivity contribution in [2.75, 3.05) is 13.1 Å². The average molecular weight is 427 g/mol. The van der Waals surface area contributed by atoms with Crippen molar-refractivity contribution in [1.82, 2.24) is 10.2 Å². The summed E-state index contributed by atoms with van der Waals surface area (Å²) in [7, 11) is 0. The largest absolute Gasteiger partial charge is 0.454 e. The van der Waals surface area contributed by atoms with Crippen LogP contribution in [0.2, 0.25) is 0 Å². The Bertz CT molecular complexity index is 1110. The second-order valence-electron chi connectivity index (χ2n) is 8.56. The van der Waals surface area contributed by atoms with Gasteiger partial charge in [0.2, 0.25) is 0 Å². The van der Waals surface area contributed by atoms with Crippen LogP contribution in [0.3, 0.4) is 0 Å². The van der Waals surface area contributed by atoms with Crippen LogP contribution in [0.25, 0.3) is 0 Å². The van der Waals surface area contributed by atoms with E-state index in [2.05, 4.69) is 34.5 Å². The van der Waals surface area contributed by atoms with Gasteiger partial charge in [-0.15, -0.1) is 0 Å². The third-order valence-corrected chi connectivity index (χ3v) is 6.27. The Labute approximate surface area is 188 Å². The summed E-state index contributed by atoms with van der Waals surface area (Å²) >= 11 is 0. The molecule has 0 aromatic heterocycles. The van der Waals surface area contributed by atoms with Crippen LogP contribution in [0.15, 0.2) is 78.9 Å². The van der Waals surface area contributed by atoms with Crippen molar-refractivity contribution in [3.63, 3.8) is 0 Å². The monoisotopic (exact) mass is 426 g/mol. The SMILES string of the molecule is O=C(N[C@@H]1CCN(Cc2ccccc2)C1)c1ccc2c(c1)C[C@H](c1ccccc1)OC2=O. The quantitative estimate of drug-likeness (QED) is 0.623. The van der Waals surface area contributed by atoms with Crippen molar-refractivity contribution in [2.45, 2.75) is 31.5 Å². The molecule has 2 aliphatic rings. The molecule has 1 N–H and O–H groups in total. The first-order chi connectivity index (χ1) is 15.7. The number of carbonyl (C=O) groups is 2.